The van der Waals surface area contributed by atoms with Crippen LogP contribution in [-0.2, 0) is 4.79 Å². The van der Waals surface area contributed by atoms with Gasteiger partial charge in [0.2, 0.25) is 5.91 Å². The molecule has 1 N–H and O–H groups in total. The van der Waals surface area contributed by atoms with Crippen molar-refractivity contribution in [1.29, 1.82) is 0 Å². The molecule has 0 spiro atoms. The highest BCUT2D eigenvalue weighted by molar-refractivity contribution is 5.91. The molecule has 0 unspecified atom stereocenters. The van der Waals surface area contributed by atoms with Crippen LogP contribution in [0.3, 0.4) is 0 Å². The average molecular weight is 359 g/mol. The van der Waals surface area contributed by atoms with Gasteiger partial charge in [0.05, 0.1) is 11.5 Å². The summed E-state index contributed by atoms with van der Waals surface area (Å²) in [6.07, 6.45) is 0. The molecule has 1 fully saturated rings. The van der Waals surface area contributed by atoms with Crippen molar-refractivity contribution in [2.75, 3.05) is 42.9 Å². The molecule has 1 aliphatic heterocycles. The number of nitrogens with one attached hydrogen (secondary N) is 1. The number of nitro groups is 1. The molecule has 1 saturated heterocycles. The standard InChI is InChI=1S/C17H21N5O4/c1-12-9-14(3-4-15(12)22(24)25)21-7-5-20(6-8-21)11-17(23)18-16-10-13(2)26-19-16/h3-4,9-10H,5-8,11H2,1-2H3,(H,18,19,23). The third-order valence-corrected chi connectivity index (χ3v) is 4.38. The summed E-state index contributed by atoms with van der Waals surface area (Å²) < 4.78 is 4.92. The number of amides is 1. The van der Waals surface area contributed by atoms with Gasteiger partial charge in [-0.05, 0) is 26.0 Å². The Hall–Kier alpha value is -2.94. The molecule has 26 heavy (non-hydrogen) atoms. The summed E-state index contributed by atoms with van der Waals surface area (Å²) in [4.78, 5) is 26.9. The number of aryl methyl sites for hydroxylation is 2. The third kappa shape index (κ3) is 4.17. The smallest absolute Gasteiger partial charge is 0.272 e. The maximum Gasteiger partial charge on any atom is 0.272 e. The van der Waals surface area contributed by atoms with Gasteiger partial charge < -0.3 is 14.7 Å². The minimum absolute atomic E-state index is 0.127. The van der Waals surface area contributed by atoms with E-state index in [2.05, 4.69) is 20.3 Å². The van der Waals surface area contributed by atoms with Crippen LogP contribution in [0, 0.1) is 24.0 Å². The Balaban J connectivity index is 1.51. The minimum Gasteiger partial charge on any atom is -0.369 e. The fraction of sp³-hybridized carbons (Fsp3) is 0.412. The number of hydrogen-bond acceptors (Lipinski definition) is 7. The highest BCUT2D eigenvalue weighted by Gasteiger charge is 2.21. The minimum atomic E-state index is -0.369. The first-order valence-electron chi connectivity index (χ1n) is 8.38. The van der Waals surface area contributed by atoms with Crippen molar-refractivity contribution in [1.82, 2.24) is 10.1 Å². The molecule has 2 heterocycles. The predicted octanol–water partition coefficient (Wildman–Crippen LogP) is 1.96. The van der Waals surface area contributed by atoms with E-state index < -0.39 is 0 Å². The number of carbonyl (C=O) groups is 1. The summed E-state index contributed by atoms with van der Waals surface area (Å²) >= 11 is 0. The molecule has 0 atom stereocenters. The summed E-state index contributed by atoms with van der Waals surface area (Å²) in [7, 11) is 0. The van der Waals surface area contributed by atoms with Gasteiger partial charge in [0.25, 0.3) is 5.69 Å². The Morgan fingerprint density at radius 3 is 2.58 bits per heavy atom. The zero-order valence-corrected chi connectivity index (χ0v) is 14.8. The molecule has 9 nitrogen and oxygen atoms in total. The number of piperazine rings is 1. The van der Waals surface area contributed by atoms with Gasteiger partial charge in [-0.3, -0.25) is 19.8 Å². The molecule has 138 valence electrons. The summed E-state index contributed by atoms with van der Waals surface area (Å²) in [6.45, 7) is 6.79. The molecule has 1 aromatic carbocycles. The molecular formula is C17H21N5O4. The monoisotopic (exact) mass is 359 g/mol. The fourth-order valence-corrected chi connectivity index (χ4v) is 3.02. The SMILES string of the molecule is Cc1cc(NC(=O)CN2CCN(c3ccc([N+](=O)[O-])c(C)c3)CC2)no1. The molecular weight excluding hydrogens is 338 g/mol. The van der Waals surface area contributed by atoms with Gasteiger partial charge in [-0.1, -0.05) is 5.16 Å². The quantitative estimate of drug-likeness (QED) is 0.642. The van der Waals surface area contributed by atoms with Crippen LogP contribution in [0.2, 0.25) is 0 Å². The van der Waals surface area contributed by atoms with Crippen LogP contribution in [0.25, 0.3) is 0 Å². The lowest BCUT2D eigenvalue weighted by Gasteiger charge is -2.35. The second kappa shape index (κ2) is 7.52. The van der Waals surface area contributed by atoms with Crippen molar-refractivity contribution < 1.29 is 14.2 Å². The highest BCUT2D eigenvalue weighted by atomic mass is 16.6. The Morgan fingerprint density at radius 2 is 2.00 bits per heavy atom. The summed E-state index contributed by atoms with van der Waals surface area (Å²) in [5, 5.41) is 17.4. The maximum absolute atomic E-state index is 12.1. The van der Waals surface area contributed by atoms with Gasteiger partial charge in [0.1, 0.15) is 5.76 Å². The van der Waals surface area contributed by atoms with E-state index in [4.69, 9.17) is 4.52 Å². The van der Waals surface area contributed by atoms with Gasteiger partial charge in [0.15, 0.2) is 5.82 Å². The van der Waals surface area contributed by atoms with E-state index in [1.54, 1.807) is 32.0 Å². The van der Waals surface area contributed by atoms with E-state index in [0.717, 1.165) is 31.9 Å². The summed E-state index contributed by atoms with van der Waals surface area (Å²) in [6, 6.07) is 6.84. The van der Waals surface area contributed by atoms with Crippen molar-refractivity contribution in [3.8, 4) is 0 Å². The van der Waals surface area contributed by atoms with Crippen LogP contribution < -0.4 is 10.2 Å². The van der Waals surface area contributed by atoms with Crippen LogP contribution in [0.5, 0.6) is 0 Å². The zero-order valence-electron chi connectivity index (χ0n) is 14.8. The van der Waals surface area contributed by atoms with Crippen LogP contribution in [0.1, 0.15) is 11.3 Å². The fourth-order valence-electron chi connectivity index (χ4n) is 3.02. The van der Waals surface area contributed by atoms with Crippen molar-refractivity contribution in [3.63, 3.8) is 0 Å². The molecule has 0 bridgehead atoms. The molecule has 9 heteroatoms. The Morgan fingerprint density at radius 1 is 1.27 bits per heavy atom. The van der Waals surface area contributed by atoms with Crippen LogP contribution in [0.15, 0.2) is 28.8 Å². The summed E-state index contributed by atoms with van der Waals surface area (Å²) in [5.74, 6) is 0.942. The lowest BCUT2D eigenvalue weighted by atomic mass is 10.1. The van der Waals surface area contributed by atoms with Gasteiger partial charge in [-0.2, -0.15) is 0 Å². The molecule has 1 amide bonds. The second-order valence-corrected chi connectivity index (χ2v) is 6.36. The normalized spacial score (nSPS) is 15.1. The highest BCUT2D eigenvalue weighted by Crippen LogP contribution is 2.25. The van der Waals surface area contributed by atoms with Crippen molar-refractivity contribution in [3.05, 3.63) is 45.7 Å². The molecule has 0 radical (unpaired) electrons. The number of aromatic nitrogens is 1. The third-order valence-electron chi connectivity index (χ3n) is 4.38. The number of carbonyl (C=O) groups excluding carboxylic acids is 1. The number of anilines is 2. The van der Waals surface area contributed by atoms with Crippen LogP contribution >= 0.6 is 0 Å². The maximum atomic E-state index is 12.1. The van der Waals surface area contributed by atoms with Crippen LogP contribution in [0.4, 0.5) is 17.2 Å². The first kappa shape index (κ1) is 17.9. The van der Waals surface area contributed by atoms with Gasteiger partial charge in [-0.15, -0.1) is 0 Å². The van der Waals surface area contributed by atoms with E-state index in [-0.39, 0.29) is 16.5 Å². The number of rotatable bonds is 5. The average Bonchev–Trinajstić information content (AvgIpc) is 2.99. The Labute approximate surface area is 150 Å². The number of nitro benzene ring substituents is 1. The van der Waals surface area contributed by atoms with Crippen molar-refractivity contribution in [2.24, 2.45) is 0 Å². The van der Waals surface area contributed by atoms with E-state index in [1.165, 1.54) is 0 Å². The van der Waals surface area contributed by atoms with Crippen molar-refractivity contribution in [2.45, 2.75) is 13.8 Å². The molecule has 2 aromatic rings. The van der Waals surface area contributed by atoms with Gasteiger partial charge >= 0.3 is 0 Å². The number of nitrogens with zero attached hydrogens (tertiary/aromatic N) is 4. The predicted molar refractivity (Wildman–Crippen MR) is 96.4 cm³/mol. The molecule has 1 aliphatic rings. The Bertz CT molecular complexity index is 811. The molecule has 0 aliphatic carbocycles. The first-order valence-corrected chi connectivity index (χ1v) is 8.38. The van der Waals surface area contributed by atoms with E-state index in [1.807, 2.05) is 6.07 Å². The van der Waals surface area contributed by atoms with Gasteiger partial charge in [0, 0.05) is 49.6 Å². The van der Waals surface area contributed by atoms with E-state index in [0.29, 0.717) is 23.7 Å². The molecule has 3 rings (SSSR count). The topological polar surface area (TPSA) is 105 Å². The lowest BCUT2D eigenvalue weighted by Crippen LogP contribution is -2.48. The lowest BCUT2D eigenvalue weighted by molar-refractivity contribution is -0.385. The molecule has 1 aromatic heterocycles. The largest absolute Gasteiger partial charge is 0.369 e. The van der Waals surface area contributed by atoms with Gasteiger partial charge in [-0.25, -0.2) is 0 Å². The van der Waals surface area contributed by atoms with E-state index in [9.17, 15) is 14.9 Å². The zero-order chi connectivity index (χ0) is 18.7. The van der Waals surface area contributed by atoms with E-state index >= 15 is 0 Å². The number of hydrogen-bond donors (Lipinski definition) is 1. The first-order chi connectivity index (χ1) is 12.4. The summed E-state index contributed by atoms with van der Waals surface area (Å²) in [5.41, 5.74) is 1.75. The van der Waals surface area contributed by atoms with Crippen molar-refractivity contribution >= 4 is 23.1 Å². The second-order valence-electron chi connectivity index (χ2n) is 6.36. The van der Waals surface area contributed by atoms with Crippen LogP contribution in [-0.4, -0.2) is 53.6 Å². The number of benzene rings is 1. The molecule has 0 saturated carbocycles. The Kier molecular flexibility index (Phi) is 5.17.